The van der Waals surface area contributed by atoms with Crippen LogP contribution in [-0.4, -0.2) is 17.1 Å². The Morgan fingerprint density at radius 2 is 2.11 bits per heavy atom. The van der Waals surface area contributed by atoms with E-state index in [0.29, 0.717) is 38.6 Å². The van der Waals surface area contributed by atoms with Crippen LogP contribution < -0.4 is 10.5 Å². The maximum Gasteiger partial charge on any atom is 0.163 e. The lowest BCUT2D eigenvalue weighted by Gasteiger charge is -2.10. The molecule has 0 aliphatic heterocycles. The lowest BCUT2D eigenvalue weighted by molar-refractivity contribution is 0.415. The molecule has 6 heteroatoms. The van der Waals surface area contributed by atoms with Crippen molar-refractivity contribution < 1.29 is 4.74 Å². The van der Waals surface area contributed by atoms with Gasteiger partial charge in [0.05, 0.1) is 17.2 Å². The van der Waals surface area contributed by atoms with E-state index < -0.39 is 0 Å². The van der Waals surface area contributed by atoms with Crippen molar-refractivity contribution in [3.05, 3.63) is 40.5 Å². The summed E-state index contributed by atoms with van der Waals surface area (Å²) in [5, 5.41) is 0.771. The number of nitrogen functional groups attached to an aromatic ring is 1. The van der Waals surface area contributed by atoms with Gasteiger partial charge in [-0.25, -0.2) is 9.97 Å². The maximum absolute atomic E-state index is 6.22. The zero-order chi connectivity index (χ0) is 14.0. The minimum absolute atomic E-state index is 0.338. The van der Waals surface area contributed by atoms with Gasteiger partial charge >= 0.3 is 0 Å². The molecule has 0 aliphatic carbocycles. The number of hydrogen-bond donors (Lipinski definition) is 1. The molecule has 0 saturated carbocycles. The molecule has 0 saturated heterocycles. The number of nitrogens with zero attached hydrogens (tertiary/aromatic N) is 2. The average Bonchev–Trinajstić information content (AvgIpc) is 2.39. The van der Waals surface area contributed by atoms with E-state index in [1.807, 2.05) is 0 Å². The molecule has 0 fully saturated rings. The monoisotopic (exact) mass is 295 g/mol. The molecule has 0 bridgehead atoms. The fraction of sp³-hybridized carbons (Fsp3) is 0.0769. The van der Waals surface area contributed by atoms with Gasteiger partial charge in [-0.3, -0.25) is 0 Å². The molecule has 0 spiro atoms. The third-order valence-electron chi connectivity index (χ3n) is 2.56. The van der Waals surface area contributed by atoms with Gasteiger partial charge in [0, 0.05) is 17.3 Å². The van der Waals surface area contributed by atoms with Crippen LogP contribution in [0.3, 0.4) is 0 Å². The summed E-state index contributed by atoms with van der Waals surface area (Å²) in [6.07, 6.45) is 3.17. The van der Waals surface area contributed by atoms with Crippen molar-refractivity contribution in [2.45, 2.75) is 0 Å². The lowest BCUT2D eigenvalue weighted by Crippen LogP contribution is -1.99. The average molecular weight is 296 g/mol. The van der Waals surface area contributed by atoms with Crippen LogP contribution in [-0.2, 0) is 0 Å². The molecule has 0 amide bonds. The summed E-state index contributed by atoms with van der Waals surface area (Å²) in [6.45, 7) is 3.63. The molecule has 0 atom stereocenters. The predicted octanol–water partition coefficient (Wildman–Crippen LogP) is 3.68. The standard InChI is InChI=1S/C13H11Cl2N3O/c1-3-7-6-17-13(18-12(7)16)8-4-5-9(14)11(19-2)10(8)15/h3-6H,1H2,2H3,(H2,16,17,18). The number of nitrogens with two attached hydrogens (primary N) is 1. The molecule has 4 nitrogen and oxygen atoms in total. The molecule has 19 heavy (non-hydrogen) atoms. The van der Waals surface area contributed by atoms with E-state index in [0.717, 1.165) is 0 Å². The summed E-state index contributed by atoms with van der Waals surface area (Å²) in [7, 11) is 1.49. The molecule has 2 aromatic rings. The van der Waals surface area contributed by atoms with E-state index in [9.17, 15) is 0 Å². The Morgan fingerprint density at radius 3 is 2.68 bits per heavy atom. The second-order valence-corrected chi connectivity index (χ2v) is 4.47. The van der Waals surface area contributed by atoms with Crippen LogP contribution in [0.2, 0.25) is 10.0 Å². The van der Waals surface area contributed by atoms with Gasteiger partial charge in [0.25, 0.3) is 0 Å². The van der Waals surface area contributed by atoms with Crippen molar-refractivity contribution in [2.75, 3.05) is 12.8 Å². The number of benzene rings is 1. The van der Waals surface area contributed by atoms with Gasteiger partial charge in [0.1, 0.15) is 5.82 Å². The Bertz CT molecular complexity index is 644. The number of anilines is 1. The molecule has 0 radical (unpaired) electrons. The quantitative estimate of drug-likeness (QED) is 0.938. The lowest BCUT2D eigenvalue weighted by atomic mass is 10.2. The Hall–Kier alpha value is -1.78. The summed E-state index contributed by atoms with van der Waals surface area (Å²) < 4.78 is 5.15. The third kappa shape index (κ3) is 2.50. The highest BCUT2D eigenvalue weighted by atomic mass is 35.5. The number of hydrogen-bond acceptors (Lipinski definition) is 4. The third-order valence-corrected chi connectivity index (χ3v) is 3.23. The van der Waals surface area contributed by atoms with Crippen LogP contribution in [0.15, 0.2) is 24.9 Å². The van der Waals surface area contributed by atoms with Gasteiger partial charge in [-0.05, 0) is 12.1 Å². The highest BCUT2D eigenvalue weighted by Gasteiger charge is 2.15. The first-order chi connectivity index (χ1) is 9.08. The molecule has 98 valence electrons. The van der Waals surface area contributed by atoms with Crippen LogP contribution in [0, 0.1) is 0 Å². The molecule has 2 rings (SSSR count). The number of halogens is 2. The fourth-order valence-electron chi connectivity index (χ4n) is 1.58. The van der Waals surface area contributed by atoms with Gasteiger partial charge < -0.3 is 10.5 Å². The highest BCUT2D eigenvalue weighted by molar-refractivity contribution is 6.38. The van der Waals surface area contributed by atoms with Gasteiger partial charge in [-0.2, -0.15) is 0 Å². The minimum atomic E-state index is 0.338. The van der Waals surface area contributed by atoms with E-state index in [4.69, 9.17) is 33.7 Å². The van der Waals surface area contributed by atoms with Gasteiger partial charge in [0.2, 0.25) is 0 Å². The molecule has 0 unspecified atom stereocenters. The highest BCUT2D eigenvalue weighted by Crippen LogP contribution is 2.39. The van der Waals surface area contributed by atoms with E-state index in [2.05, 4.69) is 16.5 Å². The molecule has 1 heterocycles. The first-order valence-corrected chi connectivity index (χ1v) is 6.11. The van der Waals surface area contributed by atoms with E-state index in [1.165, 1.54) is 7.11 Å². The van der Waals surface area contributed by atoms with Gasteiger partial charge in [0.15, 0.2) is 11.6 Å². The van der Waals surface area contributed by atoms with Gasteiger partial charge in [-0.15, -0.1) is 0 Å². The molecular weight excluding hydrogens is 285 g/mol. The van der Waals surface area contributed by atoms with Crippen molar-refractivity contribution >= 4 is 35.1 Å². The van der Waals surface area contributed by atoms with Gasteiger partial charge in [-0.1, -0.05) is 35.9 Å². The summed E-state index contributed by atoms with van der Waals surface area (Å²) in [5.41, 5.74) is 7.07. The van der Waals surface area contributed by atoms with Crippen LogP contribution in [0.4, 0.5) is 5.82 Å². The smallest absolute Gasteiger partial charge is 0.163 e. The predicted molar refractivity (Wildman–Crippen MR) is 78.5 cm³/mol. The number of rotatable bonds is 3. The van der Waals surface area contributed by atoms with Crippen LogP contribution in [0.1, 0.15) is 5.56 Å². The van der Waals surface area contributed by atoms with Crippen molar-refractivity contribution in [1.29, 1.82) is 0 Å². The van der Waals surface area contributed by atoms with E-state index >= 15 is 0 Å². The molecule has 0 aliphatic rings. The summed E-state index contributed by atoms with van der Waals surface area (Å²) >= 11 is 12.2. The normalized spacial score (nSPS) is 10.3. The number of ether oxygens (including phenoxy) is 1. The van der Waals surface area contributed by atoms with Crippen molar-refractivity contribution in [1.82, 2.24) is 9.97 Å². The second kappa shape index (κ2) is 5.47. The summed E-state index contributed by atoms with van der Waals surface area (Å²) in [6, 6.07) is 3.39. The van der Waals surface area contributed by atoms with Crippen molar-refractivity contribution in [3.63, 3.8) is 0 Å². The Labute approximate surface area is 120 Å². The fourth-order valence-corrected chi connectivity index (χ4v) is 2.19. The molecule has 1 aromatic heterocycles. The molecule has 1 aromatic carbocycles. The topological polar surface area (TPSA) is 61.0 Å². The van der Waals surface area contributed by atoms with Crippen molar-refractivity contribution in [2.24, 2.45) is 0 Å². The molecule has 2 N–H and O–H groups in total. The second-order valence-electron chi connectivity index (χ2n) is 3.68. The van der Waals surface area contributed by atoms with Crippen LogP contribution >= 0.6 is 23.2 Å². The Balaban J connectivity index is 2.59. The van der Waals surface area contributed by atoms with Crippen LogP contribution in [0.5, 0.6) is 5.75 Å². The minimum Gasteiger partial charge on any atom is -0.494 e. The van der Waals surface area contributed by atoms with Crippen molar-refractivity contribution in [3.8, 4) is 17.1 Å². The first-order valence-electron chi connectivity index (χ1n) is 5.35. The Morgan fingerprint density at radius 1 is 1.37 bits per heavy atom. The van der Waals surface area contributed by atoms with Crippen LogP contribution in [0.25, 0.3) is 17.5 Å². The summed E-state index contributed by atoms with van der Waals surface area (Å²) in [5.74, 6) is 1.13. The zero-order valence-corrected chi connectivity index (χ0v) is 11.7. The maximum atomic E-state index is 6.22. The SMILES string of the molecule is C=Cc1cnc(-c2ccc(Cl)c(OC)c2Cl)nc1N. The zero-order valence-electron chi connectivity index (χ0n) is 10.2. The number of aromatic nitrogens is 2. The largest absolute Gasteiger partial charge is 0.494 e. The van der Waals surface area contributed by atoms with E-state index in [-0.39, 0.29) is 0 Å². The number of methoxy groups -OCH3 is 1. The summed E-state index contributed by atoms with van der Waals surface area (Å²) in [4.78, 5) is 8.39. The Kier molecular flexibility index (Phi) is 3.93. The van der Waals surface area contributed by atoms with E-state index in [1.54, 1.807) is 24.4 Å². The first kappa shape index (κ1) is 13.6. The molecular formula is C13H11Cl2N3O.